The maximum atomic E-state index is 11.9. The lowest BCUT2D eigenvalue weighted by molar-refractivity contribution is 0.102. The van der Waals surface area contributed by atoms with E-state index in [-0.39, 0.29) is 5.78 Å². The number of carbonyl (C=O) groups excluding carboxylic acids is 1. The third-order valence-electron chi connectivity index (χ3n) is 2.26. The SMILES string of the molecule is Cn1c(N)cnc1C(=O)c1ccccc1. The first kappa shape index (κ1) is 9.45. The highest BCUT2D eigenvalue weighted by Crippen LogP contribution is 2.10. The average molecular weight is 201 g/mol. The molecule has 0 spiro atoms. The van der Waals surface area contributed by atoms with E-state index >= 15 is 0 Å². The number of aromatic nitrogens is 2. The molecule has 0 saturated carbocycles. The Morgan fingerprint density at radius 2 is 2.00 bits per heavy atom. The van der Waals surface area contributed by atoms with Crippen molar-refractivity contribution in [2.45, 2.75) is 0 Å². The van der Waals surface area contributed by atoms with Gasteiger partial charge in [-0.2, -0.15) is 0 Å². The molecule has 0 atom stereocenters. The summed E-state index contributed by atoms with van der Waals surface area (Å²) in [7, 11) is 1.72. The smallest absolute Gasteiger partial charge is 0.228 e. The molecule has 0 aliphatic carbocycles. The number of nitrogen functional groups attached to an aromatic ring is 1. The molecule has 2 rings (SSSR count). The second kappa shape index (κ2) is 3.57. The van der Waals surface area contributed by atoms with Crippen LogP contribution in [-0.4, -0.2) is 15.3 Å². The molecule has 1 aromatic carbocycles. The van der Waals surface area contributed by atoms with E-state index in [1.165, 1.54) is 6.20 Å². The number of benzene rings is 1. The summed E-state index contributed by atoms with van der Waals surface area (Å²) >= 11 is 0. The first-order valence-corrected chi connectivity index (χ1v) is 4.57. The summed E-state index contributed by atoms with van der Waals surface area (Å²) in [4.78, 5) is 15.9. The molecule has 0 aliphatic rings. The van der Waals surface area contributed by atoms with Gasteiger partial charge in [0.1, 0.15) is 5.82 Å². The van der Waals surface area contributed by atoms with Crippen LogP contribution < -0.4 is 5.73 Å². The maximum absolute atomic E-state index is 11.9. The van der Waals surface area contributed by atoms with Crippen LogP contribution in [0.1, 0.15) is 16.2 Å². The van der Waals surface area contributed by atoms with Crippen LogP contribution in [-0.2, 0) is 7.05 Å². The van der Waals surface area contributed by atoms with E-state index in [2.05, 4.69) is 4.98 Å². The Balaban J connectivity index is 2.42. The first-order chi connectivity index (χ1) is 7.20. The van der Waals surface area contributed by atoms with E-state index in [9.17, 15) is 4.79 Å². The first-order valence-electron chi connectivity index (χ1n) is 4.57. The fourth-order valence-electron chi connectivity index (χ4n) is 1.35. The van der Waals surface area contributed by atoms with E-state index in [0.29, 0.717) is 17.2 Å². The minimum absolute atomic E-state index is 0.116. The van der Waals surface area contributed by atoms with E-state index in [0.717, 1.165) is 0 Å². The zero-order chi connectivity index (χ0) is 10.8. The third kappa shape index (κ3) is 1.61. The lowest BCUT2D eigenvalue weighted by Gasteiger charge is -2.01. The molecule has 1 aromatic heterocycles. The fourth-order valence-corrected chi connectivity index (χ4v) is 1.35. The second-order valence-corrected chi connectivity index (χ2v) is 3.26. The van der Waals surface area contributed by atoms with Gasteiger partial charge in [-0.15, -0.1) is 0 Å². The molecule has 15 heavy (non-hydrogen) atoms. The zero-order valence-corrected chi connectivity index (χ0v) is 8.34. The van der Waals surface area contributed by atoms with Crippen LogP contribution >= 0.6 is 0 Å². The lowest BCUT2D eigenvalue weighted by atomic mass is 10.1. The summed E-state index contributed by atoms with van der Waals surface area (Å²) in [6.45, 7) is 0. The Kier molecular flexibility index (Phi) is 2.25. The van der Waals surface area contributed by atoms with Gasteiger partial charge in [0.05, 0.1) is 6.20 Å². The highest BCUT2D eigenvalue weighted by molar-refractivity contribution is 6.06. The molecule has 2 N–H and O–H groups in total. The summed E-state index contributed by atoms with van der Waals surface area (Å²) in [5.41, 5.74) is 6.22. The van der Waals surface area contributed by atoms with Crippen LogP contribution in [0.3, 0.4) is 0 Å². The normalized spacial score (nSPS) is 10.2. The van der Waals surface area contributed by atoms with Crippen LogP contribution in [0.5, 0.6) is 0 Å². The maximum Gasteiger partial charge on any atom is 0.228 e. The summed E-state index contributed by atoms with van der Waals surface area (Å²) in [6, 6.07) is 9.02. The molecule has 0 fully saturated rings. The molecule has 0 bridgehead atoms. The standard InChI is InChI=1S/C11H11N3O/c1-14-9(12)7-13-11(14)10(15)8-5-3-2-4-6-8/h2-7H,12H2,1H3. The number of hydrogen-bond acceptors (Lipinski definition) is 3. The van der Waals surface area contributed by atoms with Crippen LogP contribution in [0.2, 0.25) is 0 Å². The quantitative estimate of drug-likeness (QED) is 0.743. The molecule has 4 heteroatoms. The predicted octanol–water partition coefficient (Wildman–Crippen LogP) is 1.23. The fraction of sp³-hybridized carbons (Fsp3) is 0.0909. The van der Waals surface area contributed by atoms with Crippen molar-refractivity contribution in [2.75, 3.05) is 5.73 Å². The van der Waals surface area contributed by atoms with E-state index < -0.39 is 0 Å². The largest absolute Gasteiger partial charge is 0.384 e. The average Bonchev–Trinajstić information content (AvgIpc) is 2.60. The zero-order valence-electron chi connectivity index (χ0n) is 8.34. The molecule has 0 radical (unpaired) electrons. The van der Waals surface area contributed by atoms with Gasteiger partial charge in [-0.25, -0.2) is 4.98 Å². The van der Waals surface area contributed by atoms with Gasteiger partial charge in [-0.1, -0.05) is 30.3 Å². The lowest BCUT2D eigenvalue weighted by Crippen LogP contribution is -2.10. The van der Waals surface area contributed by atoms with Crippen LogP contribution in [0, 0.1) is 0 Å². The van der Waals surface area contributed by atoms with Gasteiger partial charge in [0.25, 0.3) is 0 Å². The monoisotopic (exact) mass is 201 g/mol. The summed E-state index contributed by atoms with van der Waals surface area (Å²) in [5, 5.41) is 0. The number of rotatable bonds is 2. The van der Waals surface area contributed by atoms with Gasteiger partial charge in [0.2, 0.25) is 5.78 Å². The van der Waals surface area contributed by atoms with Crippen molar-refractivity contribution in [1.82, 2.24) is 9.55 Å². The number of nitrogens with zero attached hydrogens (tertiary/aromatic N) is 2. The molecule has 0 unspecified atom stereocenters. The Morgan fingerprint density at radius 3 is 2.53 bits per heavy atom. The highest BCUT2D eigenvalue weighted by atomic mass is 16.1. The van der Waals surface area contributed by atoms with Gasteiger partial charge in [-0.05, 0) is 0 Å². The molecule has 2 aromatic rings. The Morgan fingerprint density at radius 1 is 1.33 bits per heavy atom. The molecule has 0 saturated heterocycles. The van der Waals surface area contributed by atoms with Crippen molar-refractivity contribution >= 4 is 11.6 Å². The van der Waals surface area contributed by atoms with E-state index in [1.54, 1.807) is 23.7 Å². The minimum atomic E-state index is -0.116. The van der Waals surface area contributed by atoms with Crippen LogP contribution in [0.15, 0.2) is 36.5 Å². The number of imidazole rings is 1. The Hall–Kier alpha value is -2.10. The Bertz CT molecular complexity index is 488. The topological polar surface area (TPSA) is 60.9 Å². The summed E-state index contributed by atoms with van der Waals surface area (Å²) in [5.74, 6) is 0.725. The van der Waals surface area contributed by atoms with Crippen molar-refractivity contribution in [3.05, 3.63) is 47.9 Å². The van der Waals surface area contributed by atoms with Crippen molar-refractivity contribution in [2.24, 2.45) is 7.05 Å². The number of ketones is 1. The molecule has 76 valence electrons. The van der Waals surface area contributed by atoms with Gasteiger partial charge < -0.3 is 10.3 Å². The van der Waals surface area contributed by atoms with Gasteiger partial charge in [0.15, 0.2) is 5.82 Å². The van der Waals surface area contributed by atoms with Gasteiger partial charge in [-0.3, -0.25) is 4.79 Å². The van der Waals surface area contributed by atoms with E-state index in [1.807, 2.05) is 18.2 Å². The second-order valence-electron chi connectivity index (χ2n) is 3.26. The molecule has 4 nitrogen and oxygen atoms in total. The number of carbonyl (C=O) groups is 1. The highest BCUT2D eigenvalue weighted by Gasteiger charge is 2.14. The van der Waals surface area contributed by atoms with Gasteiger partial charge in [0, 0.05) is 12.6 Å². The number of nitrogens with two attached hydrogens (primary N) is 1. The molecule has 0 amide bonds. The number of anilines is 1. The summed E-state index contributed by atoms with van der Waals surface area (Å²) in [6.07, 6.45) is 1.48. The summed E-state index contributed by atoms with van der Waals surface area (Å²) < 4.78 is 1.58. The van der Waals surface area contributed by atoms with Crippen LogP contribution in [0.4, 0.5) is 5.82 Å². The van der Waals surface area contributed by atoms with E-state index in [4.69, 9.17) is 5.73 Å². The van der Waals surface area contributed by atoms with Gasteiger partial charge >= 0.3 is 0 Å². The van der Waals surface area contributed by atoms with Crippen molar-refractivity contribution in [3.63, 3.8) is 0 Å². The third-order valence-corrected chi connectivity index (χ3v) is 2.26. The molecular weight excluding hydrogens is 190 g/mol. The Labute approximate surface area is 87.4 Å². The molecular formula is C11H11N3O. The van der Waals surface area contributed by atoms with Crippen LogP contribution in [0.25, 0.3) is 0 Å². The molecule has 0 aliphatic heterocycles. The van der Waals surface area contributed by atoms with Crippen molar-refractivity contribution in [1.29, 1.82) is 0 Å². The number of hydrogen-bond donors (Lipinski definition) is 1. The minimum Gasteiger partial charge on any atom is -0.384 e. The predicted molar refractivity (Wildman–Crippen MR) is 57.5 cm³/mol. The van der Waals surface area contributed by atoms with Crippen molar-refractivity contribution < 1.29 is 4.79 Å². The molecule has 1 heterocycles. The van der Waals surface area contributed by atoms with Crippen molar-refractivity contribution in [3.8, 4) is 0 Å².